The van der Waals surface area contributed by atoms with Crippen LogP contribution < -0.4 is 15.0 Å². The molecule has 1 heterocycles. The molecule has 5 heteroatoms. The first-order valence-electron chi connectivity index (χ1n) is 9.51. The normalized spacial score (nSPS) is 17.0. The molecule has 144 valence electrons. The zero-order valence-corrected chi connectivity index (χ0v) is 16.3. The molecular formula is C22H28N2O3. The predicted octanol–water partition coefficient (Wildman–Crippen LogP) is 4.34. The molecule has 0 radical (unpaired) electrons. The second-order valence-electron chi connectivity index (χ2n) is 7.14. The molecule has 1 aliphatic heterocycles. The van der Waals surface area contributed by atoms with Gasteiger partial charge >= 0.3 is 0 Å². The van der Waals surface area contributed by atoms with Crippen LogP contribution in [-0.4, -0.2) is 38.3 Å². The molecule has 3 rings (SSSR count). The first-order chi connectivity index (χ1) is 13.0. The van der Waals surface area contributed by atoms with Gasteiger partial charge in [0.25, 0.3) is 5.91 Å². The smallest absolute Gasteiger partial charge is 0.255 e. The lowest BCUT2D eigenvalue weighted by Gasteiger charge is -2.33. The van der Waals surface area contributed by atoms with Crippen molar-refractivity contribution in [2.24, 2.45) is 0 Å². The standard InChI is InChI=1S/C22H28N2O3/c1-16(2)27-20-12-6-17(7-13-20)22(25)23-18-8-10-19(11-9-18)24-14-4-5-21(15-24)26-3/h6-13,16,21H,4-5,14-15H2,1-3H3,(H,23,25). The van der Waals surface area contributed by atoms with Crippen molar-refractivity contribution in [1.29, 1.82) is 0 Å². The van der Waals surface area contributed by atoms with Crippen molar-refractivity contribution in [2.75, 3.05) is 30.4 Å². The van der Waals surface area contributed by atoms with E-state index in [0.29, 0.717) is 11.7 Å². The third-order valence-corrected chi connectivity index (χ3v) is 4.69. The number of methoxy groups -OCH3 is 1. The molecule has 0 bridgehead atoms. The summed E-state index contributed by atoms with van der Waals surface area (Å²) in [5.41, 5.74) is 2.55. The molecule has 2 aromatic rings. The summed E-state index contributed by atoms with van der Waals surface area (Å²) in [4.78, 5) is 14.8. The van der Waals surface area contributed by atoms with E-state index in [0.717, 1.165) is 43.1 Å². The Labute approximate surface area is 161 Å². The topological polar surface area (TPSA) is 50.8 Å². The van der Waals surface area contributed by atoms with E-state index >= 15 is 0 Å². The van der Waals surface area contributed by atoms with Gasteiger partial charge in [0.05, 0.1) is 12.2 Å². The summed E-state index contributed by atoms with van der Waals surface area (Å²) in [6, 6.07) is 15.2. The second-order valence-corrected chi connectivity index (χ2v) is 7.14. The Hall–Kier alpha value is -2.53. The SMILES string of the molecule is COC1CCCN(c2ccc(NC(=O)c3ccc(OC(C)C)cc3)cc2)C1. The highest BCUT2D eigenvalue weighted by Crippen LogP contribution is 2.23. The highest BCUT2D eigenvalue weighted by Gasteiger charge is 2.19. The van der Waals surface area contributed by atoms with Gasteiger partial charge in [-0.2, -0.15) is 0 Å². The van der Waals surface area contributed by atoms with Crippen LogP contribution in [0.25, 0.3) is 0 Å². The lowest BCUT2D eigenvalue weighted by Crippen LogP contribution is -2.39. The van der Waals surface area contributed by atoms with E-state index in [9.17, 15) is 4.79 Å². The molecule has 0 spiro atoms. The second kappa shape index (κ2) is 8.91. The minimum atomic E-state index is -0.128. The monoisotopic (exact) mass is 368 g/mol. The maximum atomic E-state index is 12.4. The Morgan fingerprint density at radius 1 is 1.11 bits per heavy atom. The molecule has 0 aliphatic carbocycles. The number of carbonyl (C=O) groups excluding carboxylic acids is 1. The van der Waals surface area contributed by atoms with Crippen LogP contribution in [0.4, 0.5) is 11.4 Å². The molecule has 1 unspecified atom stereocenters. The Bertz CT molecular complexity index is 741. The number of hydrogen-bond acceptors (Lipinski definition) is 4. The third kappa shape index (κ3) is 5.23. The van der Waals surface area contributed by atoms with Crippen LogP contribution in [0.5, 0.6) is 5.75 Å². The van der Waals surface area contributed by atoms with Gasteiger partial charge in [0.2, 0.25) is 0 Å². The van der Waals surface area contributed by atoms with Crippen LogP contribution in [0.3, 0.4) is 0 Å². The summed E-state index contributed by atoms with van der Waals surface area (Å²) >= 11 is 0. The van der Waals surface area contributed by atoms with Crippen LogP contribution >= 0.6 is 0 Å². The lowest BCUT2D eigenvalue weighted by molar-refractivity contribution is 0.0893. The highest BCUT2D eigenvalue weighted by atomic mass is 16.5. The van der Waals surface area contributed by atoms with E-state index in [2.05, 4.69) is 10.2 Å². The van der Waals surface area contributed by atoms with Crippen molar-refractivity contribution < 1.29 is 14.3 Å². The number of rotatable bonds is 6. The van der Waals surface area contributed by atoms with E-state index < -0.39 is 0 Å². The van der Waals surface area contributed by atoms with Crippen LogP contribution in [0.15, 0.2) is 48.5 Å². The fraction of sp³-hybridized carbons (Fsp3) is 0.409. The van der Waals surface area contributed by atoms with Gasteiger partial charge in [-0.1, -0.05) is 0 Å². The van der Waals surface area contributed by atoms with Crippen LogP contribution in [0.1, 0.15) is 37.0 Å². The van der Waals surface area contributed by atoms with Crippen molar-refractivity contribution in [3.8, 4) is 5.75 Å². The van der Waals surface area contributed by atoms with Gasteiger partial charge in [-0.25, -0.2) is 0 Å². The summed E-state index contributed by atoms with van der Waals surface area (Å²) in [5.74, 6) is 0.637. The molecule has 1 atom stereocenters. The minimum absolute atomic E-state index is 0.113. The first-order valence-corrected chi connectivity index (χ1v) is 9.51. The van der Waals surface area contributed by atoms with Gasteiger partial charge < -0.3 is 19.7 Å². The van der Waals surface area contributed by atoms with Crippen molar-refractivity contribution in [1.82, 2.24) is 0 Å². The number of amides is 1. The molecule has 1 aliphatic rings. The number of anilines is 2. The number of benzene rings is 2. The molecule has 0 aromatic heterocycles. The van der Waals surface area contributed by atoms with Gasteiger partial charge in [-0.05, 0) is 75.2 Å². The number of carbonyl (C=O) groups is 1. The van der Waals surface area contributed by atoms with Crippen LogP contribution in [0, 0.1) is 0 Å². The van der Waals surface area contributed by atoms with Gasteiger partial charge in [-0.3, -0.25) is 4.79 Å². The maximum absolute atomic E-state index is 12.4. The number of piperidine rings is 1. The van der Waals surface area contributed by atoms with Gasteiger partial charge in [0, 0.05) is 37.1 Å². The van der Waals surface area contributed by atoms with Crippen LogP contribution in [0.2, 0.25) is 0 Å². The average molecular weight is 368 g/mol. The Morgan fingerprint density at radius 2 is 1.81 bits per heavy atom. The third-order valence-electron chi connectivity index (χ3n) is 4.69. The quantitative estimate of drug-likeness (QED) is 0.824. The molecule has 5 nitrogen and oxygen atoms in total. The zero-order chi connectivity index (χ0) is 19.2. The summed E-state index contributed by atoms with van der Waals surface area (Å²) in [7, 11) is 1.77. The molecule has 2 aromatic carbocycles. The first kappa shape index (κ1) is 19.2. The molecule has 27 heavy (non-hydrogen) atoms. The van der Waals surface area contributed by atoms with Crippen molar-refractivity contribution >= 4 is 17.3 Å². The number of nitrogens with one attached hydrogen (secondary N) is 1. The fourth-order valence-corrected chi connectivity index (χ4v) is 3.28. The Balaban J connectivity index is 1.60. The van der Waals surface area contributed by atoms with Crippen molar-refractivity contribution in [2.45, 2.75) is 38.9 Å². The highest BCUT2D eigenvalue weighted by molar-refractivity contribution is 6.04. The molecule has 1 fully saturated rings. The summed E-state index contributed by atoms with van der Waals surface area (Å²) < 4.78 is 11.1. The van der Waals surface area contributed by atoms with Crippen LogP contribution in [-0.2, 0) is 4.74 Å². The lowest BCUT2D eigenvalue weighted by atomic mass is 10.1. The zero-order valence-electron chi connectivity index (χ0n) is 16.3. The number of nitrogens with zero attached hydrogens (tertiary/aromatic N) is 1. The van der Waals surface area contributed by atoms with Gasteiger partial charge in [0.15, 0.2) is 0 Å². The minimum Gasteiger partial charge on any atom is -0.491 e. The molecule has 1 amide bonds. The molecule has 1 N–H and O–H groups in total. The fourth-order valence-electron chi connectivity index (χ4n) is 3.28. The van der Waals surface area contributed by atoms with E-state index in [4.69, 9.17) is 9.47 Å². The Kier molecular flexibility index (Phi) is 6.35. The number of ether oxygens (including phenoxy) is 2. The van der Waals surface area contributed by atoms with E-state index in [1.807, 2.05) is 50.2 Å². The van der Waals surface area contributed by atoms with E-state index in [-0.39, 0.29) is 12.0 Å². The molecule has 0 saturated carbocycles. The van der Waals surface area contributed by atoms with E-state index in [1.165, 1.54) is 0 Å². The van der Waals surface area contributed by atoms with Gasteiger partial charge in [-0.15, -0.1) is 0 Å². The maximum Gasteiger partial charge on any atom is 0.255 e. The predicted molar refractivity (Wildman–Crippen MR) is 109 cm³/mol. The number of hydrogen-bond donors (Lipinski definition) is 1. The summed E-state index contributed by atoms with van der Waals surface area (Å²) in [6.45, 7) is 5.90. The van der Waals surface area contributed by atoms with Crippen molar-refractivity contribution in [3.63, 3.8) is 0 Å². The average Bonchev–Trinajstić information content (AvgIpc) is 2.68. The molecular weight excluding hydrogens is 340 g/mol. The largest absolute Gasteiger partial charge is 0.491 e. The summed E-state index contributed by atoms with van der Waals surface area (Å²) in [6.07, 6.45) is 2.65. The van der Waals surface area contributed by atoms with E-state index in [1.54, 1.807) is 19.2 Å². The van der Waals surface area contributed by atoms with Crippen molar-refractivity contribution in [3.05, 3.63) is 54.1 Å². The van der Waals surface area contributed by atoms with Gasteiger partial charge in [0.1, 0.15) is 5.75 Å². The molecule has 1 saturated heterocycles. The Morgan fingerprint density at radius 3 is 2.44 bits per heavy atom. The summed E-state index contributed by atoms with van der Waals surface area (Å²) in [5, 5.41) is 2.95.